The third-order valence-corrected chi connectivity index (χ3v) is 10.9. The summed E-state index contributed by atoms with van der Waals surface area (Å²) in [6.45, 7) is 0.122. The maximum atomic E-state index is 13.7. The zero-order chi connectivity index (χ0) is 29.6. The van der Waals surface area contributed by atoms with Crippen LogP contribution in [-0.2, 0) is 16.8 Å². The number of aliphatic hydroxyl groups is 1. The second kappa shape index (κ2) is 11.4. The summed E-state index contributed by atoms with van der Waals surface area (Å²) in [5.41, 5.74) is 5.98. The van der Waals surface area contributed by atoms with E-state index < -0.39 is 5.92 Å². The van der Waals surface area contributed by atoms with Gasteiger partial charge in [0.2, 0.25) is 0 Å². The SMILES string of the molecule is CNc1ccc(C(=O)C2C(=O)C=CC3=C2CCc2c3ccc3c(C4(N5C=CSC5CO)CCCCCC4)cccc23)cn1. The van der Waals surface area contributed by atoms with E-state index in [1.165, 1.54) is 47.6 Å². The van der Waals surface area contributed by atoms with E-state index in [2.05, 4.69) is 57.1 Å². The molecule has 7 rings (SSSR count). The van der Waals surface area contributed by atoms with Crippen molar-refractivity contribution >= 4 is 45.5 Å². The minimum absolute atomic E-state index is 0.0303. The fourth-order valence-electron chi connectivity index (χ4n) is 7.87. The van der Waals surface area contributed by atoms with E-state index in [4.69, 9.17) is 0 Å². The number of thioether (sulfide) groups is 1. The van der Waals surface area contributed by atoms with Crippen LogP contribution in [0.25, 0.3) is 16.3 Å². The smallest absolute Gasteiger partial charge is 0.179 e. The number of benzene rings is 2. The van der Waals surface area contributed by atoms with Crippen molar-refractivity contribution in [1.29, 1.82) is 0 Å². The van der Waals surface area contributed by atoms with Gasteiger partial charge in [0.25, 0.3) is 0 Å². The van der Waals surface area contributed by atoms with Gasteiger partial charge in [-0.2, -0.15) is 0 Å². The van der Waals surface area contributed by atoms with E-state index in [0.717, 1.165) is 36.0 Å². The molecule has 0 bridgehead atoms. The summed E-state index contributed by atoms with van der Waals surface area (Å²) < 4.78 is 0. The van der Waals surface area contributed by atoms with Gasteiger partial charge in [-0.25, -0.2) is 4.98 Å². The van der Waals surface area contributed by atoms with Crippen LogP contribution in [-0.4, -0.2) is 45.6 Å². The summed E-state index contributed by atoms with van der Waals surface area (Å²) in [7, 11) is 1.78. The van der Waals surface area contributed by atoms with Crippen molar-refractivity contribution in [3.05, 3.63) is 100 Å². The number of allylic oxidation sites excluding steroid dienone is 4. The molecule has 3 aromatic rings. The number of carbonyl (C=O) groups excluding carboxylic acids is 2. The molecule has 220 valence electrons. The van der Waals surface area contributed by atoms with Crippen molar-refractivity contribution < 1.29 is 14.7 Å². The normalized spacial score (nSPS) is 22.8. The Morgan fingerprint density at radius 2 is 1.88 bits per heavy atom. The number of nitrogens with one attached hydrogen (secondary N) is 1. The minimum atomic E-state index is -0.804. The monoisotopic (exact) mass is 591 g/mol. The Morgan fingerprint density at radius 1 is 1.05 bits per heavy atom. The van der Waals surface area contributed by atoms with Gasteiger partial charge >= 0.3 is 0 Å². The molecule has 0 spiro atoms. The van der Waals surface area contributed by atoms with E-state index in [0.29, 0.717) is 17.8 Å². The van der Waals surface area contributed by atoms with Crippen LogP contribution in [0.1, 0.15) is 72.0 Å². The number of aryl methyl sites for hydroxylation is 1. The lowest BCUT2D eigenvalue weighted by molar-refractivity contribution is -0.116. The van der Waals surface area contributed by atoms with Crippen LogP contribution < -0.4 is 5.32 Å². The molecule has 2 unspecified atom stereocenters. The summed E-state index contributed by atoms with van der Waals surface area (Å²) in [6.07, 6.45) is 15.7. The average Bonchev–Trinajstić information content (AvgIpc) is 3.41. The second-order valence-electron chi connectivity index (χ2n) is 12.1. The third-order valence-electron chi connectivity index (χ3n) is 9.92. The van der Waals surface area contributed by atoms with Crippen LogP contribution >= 0.6 is 11.8 Å². The fraction of sp³-hybridized carbons (Fsp3) is 0.361. The van der Waals surface area contributed by atoms with E-state index in [-0.39, 0.29) is 29.1 Å². The summed E-state index contributed by atoms with van der Waals surface area (Å²) in [5.74, 6) is -0.463. The summed E-state index contributed by atoms with van der Waals surface area (Å²) in [4.78, 5) is 33.6. The number of Topliss-reactive ketones (excluding diaryl/α,β-unsaturated/α-hetero) is 1. The lowest BCUT2D eigenvalue weighted by atomic mass is 9.72. The fourth-order valence-corrected chi connectivity index (χ4v) is 8.74. The van der Waals surface area contributed by atoms with Crippen molar-refractivity contribution in [2.75, 3.05) is 19.0 Å². The van der Waals surface area contributed by atoms with Gasteiger partial charge in [0, 0.05) is 25.0 Å². The van der Waals surface area contributed by atoms with Gasteiger partial charge in [-0.05, 0) is 87.9 Å². The van der Waals surface area contributed by atoms with Gasteiger partial charge < -0.3 is 15.3 Å². The first-order chi connectivity index (χ1) is 21.1. The average molecular weight is 592 g/mol. The van der Waals surface area contributed by atoms with Crippen molar-refractivity contribution in [2.24, 2.45) is 5.92 Å². The van der Waals surface area contributed by atoms with Crippen LogP contribution in [0.2, 0.25) is 0 Å². The molecule has 0 amide bonds. The summed E-state index contributed by atoms with van der Waals surface area (Å²) >= 11 is 1.71. The minimum Gasteiger partial charge on any atom is -0.393 e. The number of ketones is 2. The molecule has 2 atom stereocenters. The number of pyridine rings is 1. The number of fused-ring (bicyclic) bond motifs is 4. The Bertz CT molecular complexity index is 1680. The molecule has 1 aromatic heterocycles. The second-order valence-corrected chi connectivity index (χ2v) is 13.1. The van der Waals surface area contributed by atoms with Gasteiger partial charge in [-0.1, -0.05) is 62.1 Å². The molecular formula is C36H37N3O3S. The Balaban J connectivity index is 1.33. The number of rotatable bonds is 6. The number of aromatic nitrogens is 1. The molecule has 1 saturated carbocycles. The zero-order valence-corrected chi connectivity index (χ0v) is 25.3. The highest BCUT2D eigenvalue weighted by atomic mass is 32.2. The first-order valence-corrected chi connectivity index (χ1v) is 16.4. The summed E-state index contributed by atoms with van der Waals surface area (Å²) in [6, 6.07) is 14.7. The van der Waals surface area contributed by atoms with E-state index in [9.17, 15) is 14.7 Å². The largest absolute Gasteiger partial charge is 0.393 e. The third kappa shape index (κ3) is 4.64. The van der Waals surface area contributed by atoms with Crippen LogP contribution in [0, 0.1) is 5.92 Å². The zero-order valence-electron chi connectivity index (χ0n) is 24.5. The predicted octanol–water partition coefficient (Wildman–Crippen LogP) is 7.00. The lowest BCUT2D eigenvalue weighted by Gasteiger charge is -2.46. The molecule has 0 radical (unpaired) electrons. The molecule has 43 heavy (non-hydrogen) atoms. The van der Waals surface area contributed by atoms with E-state index in [1.807, 2.05) is 6.08 Å². The highest BCUT2D eigenvalue weighted by Crippen LogP contribution is 2.50. The molecular weight excluding hydrogens is 554 g/mol. The van der Waals surface area contributed by atoms with Gasteiger partial charge in [0.15, 0.2) is 11.6 Å². The highest BCUT2D eigenvalue weighted by Gasteiger charge is 2.43. The lowest BCUT2D eigenvalue weighted by Crippen LogP contribution is -2.47. The quantitative estimate of drug-likeness (QED) is 0.181. The number of anilines is 1. The van der Waals surface area contributed by atoms with Crippen LogP contribution in [0.4, 0.5) is 5.82 Å². The maximum absolute atomic E-state index is 13.7. The molecule has 4 aliphatic rings. The van der Waals surface area contributed by atoms with Crippen molar-refractivity contribution in [1.82, 2.24) is 9.88 Å². The number of hydrogen-bond donors (Lipinski definition) is 2. The molecule has 2 heterocycles. The summed E-state index contributed by atoms with van der Waals surface area (Å²) in [5, 5.41) is 17.9. The van der Waals surface area contributed by atoms with Gasteiger partial charge in [-0.15, -0.1) is 11.8 Å². The first-order valence-electron chi connectivity index (χ1n) is 15.5. The van der Waals surface area contributed by atoms with Crippen LogP contribution in [0.5, 0.6) is 0 Å². The molecule has 7 heteroatoms. The standard InChI is InChI=1S/C36H37N3O3S/c1-37-32-16-9-23(21-38-32)35(42)34-29-13-11-25-24-7-6-8-30(28(24)12-10-26(25)27(29)14-15-31(34)41)36(17-4-2-3-5-18-36)39-19-20-43-33(39)22-40/h6-10,12,14-16,19-21,33-34,40H,2-5,11,13,17-18,22H2,1H3,(H,37,38). The van der Waals surface area contributed by atoms with Gasteiger partial charge in [-0.3, -0.25) is 9.59 Å². The van der Waals surface area contributed by atoms with Crippen LogP contribution in [0.3, 0.4) is 0 Å². The van der Waals surface area contributed by atoms with Crippen molar-refractivity contribution in [3.63, 3.8) is 0 Å². The number of nitrogens with zero attached hydrogens (tertiary/aromatic N) is 2. The Kier molecular flexibility index (Phi) is 7.48. The Morgan fingerprint density at radius 3 is 2.63 bits per heavy atom. The Labute approximate surface area is 257 Å². The maximum Gasteiger partial charge on any atom is 0.179 e. The number of carbonyl (C=O) groups is 2. The van der Waals surface area contributed by atoms with Crippen molar-refractivity contribution in [2.45, 2.75) is 62.3 Å². The number of aliphatic hydroxyl groups excluding tert-OH is 1. The number of hydrogen-bond acceptors (Lipinski definition) is 7. The Hall–Kier alpha value is -3.68. The highest BCUT2D eigenvalue weighted by molar-refractivity contribution is 8.02. The van der Waals surface area contributed by atoms with Crippen molar-refractivity contribution in [3.8, 4) is 0 Å². The molecule has 1 fully saturated rings. The van der Waals surface area contributed by atoms with Gasteiger partial charge in [0.05, 0.1) is 12.1 Å². The predicted molar refractivity (Wildman–Crippen MR) is 174 cm³/mol. The van der Waals surface area contributed by atoms with Crippen LogP contribution in [0.15, 0.2) is 78.0 Å². The molecule has 3 aliphatic carbocycles. The molecule has 2 aromatic carbocycles. The van der Waals surface area contributed by atoms with Gasteiger partial charge in [0.1, 0.15) is 17.1 Å². The molecule has 0 saturated heterocycles. The van der Waals surface area contributed by atoms with E-state index >= 15 is 0 Å². The molecule has 6 nitrogen and oxygen atoms in total. The first kappa shape index (κ1) is 28.1. The van der Waals surface area contributed by atoms with E-state index in [1.54, 1.807) is 43.2 Å². The molecule has 2 N–H and O–H groups in total. The molecule has 1 aliphatic heterocycles. The topological polar surface area (TPSA) is 82.5 Å².